The molecule has 1 aromatic carbocycles. The third-order valence-corrected chi connectivity index (χ3v) is 2.64. The maximum Gasteiger partial charge on any atom is 0.352 e. The van der Waals surface area contributed by atoms with Crippen LogP contribution in [0, 0.1) is 10.1 Å². The second kappa shape index (κ2) is 6.35. The number of non-ortho nitro benzene ring substituents is 1. The summed E-state index contributed by atoms with van der Waals surface area (Å²) in [5.74, 6) is -2.09. The predicted octanol–water partition coefficient (Wildman–Crippen LogP) is 2.04. The number of nitrogens with zero attached hydrogens (tertiary/aromatic N) is 1. The fourth-order valence-corrected chi connectivity index (χ4v) is 1.60. The lowest BCUT2D eigenvalue weighted by molar-refractivity contribution is -0.384. The average Bonchev–Trinajstić information content (AvgIpc) is 3.01. The normalized spacial score (nSPS) is 11.0. The highest BCUT2D eigenvalue weighted by molar-refractivity contribution is 6.01. The Labute approximate surface area is 123 Å². The summed E-state index contributed by atoms with van der Waals surface area (Å²) in [5.41, 5.74) is -0.105. The zero-order chi connectivity index (χ0) is 16.1. The van der Waals surface area contributed by atoms with Crippen molar-refractivity contribution >= 4 is 23.6 Å². The van der Waals surface area contributed by atoms with E-state index in [2.05, 4.69) is 5.32 Å². The van der Waals surface area contributed by atoms with Crippen molar-refractivity contribution in [2.24, 2.45) is 0 Å². The van der Waals surface area contributed by atoms with Crippen LogP contribution in [0.1, 0.15) is 16.1 Å². The predicted molar refractivity (Wildman–Crippen MR) is 74.9 cm³/mol. The molecule has 0 aliphatic carbocycles. The quantitative estimate of drug-likeness (QED) is 0.495. The molecule has 0 spiro atoms. The third-order valence-electron chi connectivity index (χ3n) is 2.64. The number of nitro benzene ring substituents is 1. The zero-order valence-electron chi connectivity index (χ0n) is 11.1. The van der Waals surface area contributed by atoms with Gasteiger partial charge in [0.1, 0.15) is 5.70 Å². The van der Waals surface area contributed by atoms with Crippen molar-refractivity contribution < 1.29 is 24.0 Å². The molecule has 1 aromatic heterocycles. The molecule has 8 heteroatoms. The molecule has 0 aliphatic rings. The number of aliphatic carboxylic acids is 1. The molecule has 1 heterocycles. The molecule has 0 atom stereocenters. The molecule has 0 aliphatic heterocycles. The van der Waals surface area contributed by atoms with Crippen LogP contribution < -0.4 is 5.32 Å². The molecule has 1 amide bonds. The summed E-state index contributed by atoms with van der Waals surface area (Å²) in [6, 6.07) is 8.11. The Hall–Kier alpha value is -3.42. The lowest BCUT2D eigenvalue weighted by Gasteiger charge is -2.04. The number of amides is 1. The van der Waals surface area contributed by atoms with Crippen LogP contribution in [0.15, 0.2) is 52.8 Å². The van der Waals surface area contributed by atoms with Gasteiger partial charge in [-0.05, 0) is 35.9 Å². The van der Waals surface area contributed by atoms with Gasteiger partial charge in [0.05, 0.1) is 11.2 Å². The van der Waals surface area contributed by atoms with Crippen molar-refractivity contribution in [3.63, 3.8) is 0 Å². The van der Waals surface area contributed by atoms with E-state index < -0.39 is 16.8 Å². The fourth-order valence-electron chi connectivity index (χ4n) is 1.60. The Kier molecular flexibility index (Phi) is 4.33. The zero-order valence-corrected chi connectivity index (χ0v) is 11.1. The van der Waals surface area contributed by atoms with E-state index in [9.17, 15) is 19.7 Å². The topological polar surface area (TPSA) is 123 Å². The Balaban J connectivity index is 2.21. The Morgan fingerprint density at radius 1 is 1.23 bits per heavy atom. The van der Waals surface area contributed by atoms with Gasteiger partial charge >= 0.3 is 5.97 Å². The highest BCUT2D eigenvalue weighted by atomic mass is 16.6. The van der Waals surface area contributed by atoms with Crippen LogP contribution in [-0.2, 0) is 4.79 Å². The molecule has 0 bridgehead atoms. The average molecular weight is 302 g/mol. The lowest BCUT2D eigenvalue weighted by Crippen LogP contribution is -2.26. The van der Waals surface area contributed by atoms with Crippen molar-refractivity contribution in [1.29, 1.82) is 0 Å². The van der Waals surface area contributed by atoms with Gasteiger partial charge in [-0.15, -0.1) is 0 Å². The van der Waals surface area contributed by atoms with E-state index in [4.69, 9.17) is 9.52 Å². The van der Waals surface area contributed by atoms with Crippen molar-refractivity contribution in [3.05, 3.63) is 69.8 Å². The minimum Gasteiger partial charge on any atom is -0.477 e. The molecular formula is C14H10N2O6. The summed E-state index contributed by atoms with van der Waals surface area (Å²) >= 11 is 0. The van der Waals surface area contributed by atoms with Crippen molar-refractivity contribution in [2.75, 3.05) is 0 Å². The number of carbonyl (C=O) groups is 2. The minimum absolute atomic E-state index is 0.0316. The van der Waals surface area contributed by atoms with Crippen LogP contribution in [0.2, 0.25) is 0 Å². The van der Waals surface area contributed by atoms with Gasteiger partial charge in [-0.2, -0.15) is 0 Å². The second-order valence-electron chi connectivity index (χ2n) is 4.14. The van der Waals surface area contributed by atoms with Crippen LogP contribution in [0.25, 0.3) is 6.08 Å². The van der Waals surface area contributed by atoms with Gasteiger partial charge in [-0.3, -0.25) is 14.9 Å². The molecule has 8 nitrogen and oxygen atoms in total. The number of nitro groups is 1. The number of carboxylic acid groups (broad SMARTS) is 1. The van der Waals surface area contributed by atoms with E-state index in [1.165, 1.54) is 48.7 Å². The number of rotatable bonds is 5. The van der Waals surface area contributed by atoms with E-state index in [0.29, 0.717) is 5.56 Å². The number of hydrogen-bond donors (Lipinski definition) is 2. The fraction of sp³-hybridized carbons (Fsp3) is 0. The molecule has 112 valence electrons. The number of benzene rings is 1. The van der Waals surface area contributed by atoms with Crippen molar-refractivity contribution in [3.8, 4) is 0 Å². The van der Waals surface area contributed by atoms with E-state index >= 15 is 0 Å². The molecule has 22 heavy (non-hydrogen) atoms. The maximum atomic E-state index is 11.8. The largest absolute Gasteiger partial charge is 0.477 e. The SMILES string of the molecule is O=C(O)/C(=C\c1ccc([N+](=O)[O-])cc1)NC(=O)c1ccco1. The highest BCUT2D eigenvalue weighted by Crippen LogP contribution is 2.14. The summed E-state index contributed by atoms with van der Waals surface area (Å²) in [5, 5.41) is 21.8. The van der Waals surface area contributed by atoms with Gasteiger partial charge in [-0.1, -0.05) is 0 Å². The maximum absolute atomic E-state index is 11.8. The Morgan fingerprint density at radius 3 is 2.41 bits per heavy atom. The Bertz CT molecular complexity index is 731. The summed E-state index contributed by atoms with van der Waals surface area (Å²) < 4.78 is 4.86. The standard InChI is InChI=1S/C14H10N2O6/c17-13(12-2-1-7-22-12)15-11(14(18)19)8-9-3-5-10(6-4-9)16(20)21/h1-8H,(H,15,17)(H,18,19)/b11-8+. The number of carbonyl (C=O) groups excluding carboxylic acids is 1. The van der Waals surface area contributed by atoms with E-state index in [-0.39, 0.29) is 17.1 Å². The van der Waals surface area contributed by atoms with Crippen LogP contribution in [0.4, 0.5) is 5.69 Å². The van der Waals surface area contributed by atoms with Gasteiger partial charge in [0, 0.05) is 12.1 Å². The number of carboxylic acids is 1. The smallest absolute Gasteiger partial charge is 0.352 e. The first kappa shape index (κ1) is 15.0. The van der Waals surface area contributed by atoms with Crippen molar-refractivity contribution in [2.45, 2.75) is 0 Å². The Morgan fingerprint density at radius 2 is 1.91 bits per heavy atom. The summed E-state index contributed by atoms with van der Waals surface area (Å²) in [6.07, 6.45) is 2.47. The molecule has 0 saturated heterocycles. The number of furan rings is 1. The minimum atomic E-state index is -1.35. The number of nitrogens with one attached hydrogen (secondary N) is 1. The first-order chi connectivity index (χ1) is 10.5. The molecule has 2 rings (SSSR count). The van der Waals surface area contributed by atoms with E-state index in [1.54, 1.807) is 0 Å². The van der Waals surface area contributed by atoms with Crippen LogP contribution in [0.5, 0.6) is 0 Å². The summed E-state index contributed by atoms with van der Waals surface area (Å²) in [7, 11) is 0. The first-order valence-electron chi connectivity index (χ1n) is 6.01. The molecule has 2 aromatic rings. The van der Waals surface area contributed by atoms with Gasteiger partial charge in [0.2, 0.25) is 0 Å². The van der Waals surface area contributed by atoms with Crippen molar-refractivity contribution in [1.82, 2.24) is 5.32 Å². The first-order valence-corrected chi connectivity index (χ1v) is 6.01. The number of hydrogen-bond acceptors (Lipinski definition) is 5. The molecule has 0 radical (unpaired) electrons. The lowest BCUT2D eigenvalue weighted by atomic mass is 10.1. The van der Waals surface area contributed by atoms with Crippen LogP contribution in [-0.4, -0.2) is 21.9 Å². The summed E-state index contributed by atoms with van der Waals surface area (Å²) in [6.45, 7) is 0. The second-order valence-corrected chi connectivity index (χ2v) is 4.14. The van der Waals surface area contributed by atoms with Crippen LogP contribution >= 0.6 is 0 Å². The van der Waals surface area contributed by atoms with E-state index in [1.807, 2.05) is 0 Å². The molecule has 0 unspecified atom stereocenters. The third kappa shape index (κ3) is 3.57. The van der Waals surface area contributed by atoms with Gasteiger partial charge < -0.3 is 14.8 Å². The molecular weight excluding hydrogens is 292 g/mol. The van der Waals surface area contributed by atoms with Gasteiger partial charge in [0.25, 0.3) is 11.6 Å². The summed E-state index contributed by atoms with van der Waals surface area (Å²) in [4.78, 5) is 32.9. The molecule has 2 N–H and O–H groups in total. The molecule has 0 fully saturated rings. The monoisotopic (exact) mass is 302 g/mol. The van der Waals surface area contributed by atoms with Gasteiger partial charge in [-0.25, -0.2) is 4.79 Å². The van der Waals surface area contributed by atoms with Gasteiger partial charge in [0.15, 0.2) is 5.76 Å². The molecule has 0 saturated carbocycles. The van der Waals surface area contributed by atoms with Crippen LogP contribution in [0.3, 0.4) is 0 Å². The highest BCUT2D eigenvalue weighted by Gasteiger charge is 2.15. The van der Waals surface area contributed by atoms with E-state index in [0.717, 1.165) is 0 Å².